The maximum absolute atomic E-state index is 12.7. The number of hydrogen-bond acceptors (Lipinski definition) is 9. The Labute approximate surface area is 382 Å². The van der Waals surface area contributed by atoms with Crippen LogP contribution in [0.5, 0.6) is 0 Å². The fraction of sp³-hybridized carbons (Fsp3) is 0.961. The number of ether oxygens (including phenoxy) is 2. The number of hydrogen-bond donors (Lipinski definition) is 3. The summed E-state index contributed by atoms with van der Waals surface area (Å²) in [5.74, 6) is -0.901. The van der Waals surface area contributed by atoms with Crippen LogP contribution < -0.4 is 0 Å². The molecule has 0 bridgehead atoms. The summed E-state index contributed by atoms with van der Waals surface area (Å²) in [6.45, 7) is 2.46. The molecule has 0 aromatic heterocycles. The van der Waals surface area contributed by atoms with Gasteiger partial charge >= 0.3 is 19.8 Å². The number of phosphoric ester groups is 1. The van der Waals surface area contributed by atoms with Crippen molar-refractivity contribution in [3.63, 3.8) is 0 Å². The standard InChI is InChI=1S/C51H101O10P/c1-3-5-7-9-11-13-15-17-19-21-22-23-24-25-27-29-31-33-35-37-39-41-43-51(55)61-49(47-60-62(56,57)59-45-48(53)44-52)46-58-50(54)42-40-38-36-34-32-30-28-26-20-18-16-14-12-10-8-6-4-2/h48-49,52-53H,3-47H2,1-2H3,(H,56,57). The molecule has 11 heteroatoms. The highest BCUT2D eigenvalue weighted by Gasteiger charge is 2.27. The van der Waals surface area contributed by atoms with E-state index in [-0.39, 0.29) is 19.4 Å². The van der Waals surface area contributed by atoms with Crippen molar-refractivity contribution in [2.24, 2.45) is 0 Å². The van der Waals surface area contributed by atoms with Crippen molar-refractivity contribution in [1.29, 1.82) is 0 Å². The van der Waals surface area contributed by atoms with Gasteiger partial charge in [0.05, 0.1) is 19.8 Å². The van der Waals surface area contributed by atoms with Crippen LogP contribution in [0.1, 0.15) is 277 Å². The van der Waals surface area contributed by atoms with E-state index in [0.717, 1.165) is 32.1 Å². The van der Waals surface area contributed by atoms with Gasteiger partial charge in [-0.05, 0) is 12.8 Å². The lowest BCUT2D eigenvalue weighted by molar-refractivity contribution is -0.161. The first-order valence-corrected chi connectivity index (χ1v) is 28.0. The molecule has 0 rings (SSSR count). The van der Waals surface area contributed by atoms with Gasteiger partial charge in [-0.25, -0.2) is 4.57 Å². The normalized spacial score (nSPS) is 13.6. The minimum Gasteiger partial charge on any atom is -0.462 e. The third kappa shape index (κ3) is 46.9. The molecule has 0 aromatic carbocycles. The number of unbranched alkanes of at least 4 members (excludes halogenated alkanes) is 37. The van der Waals surface area contributed by atoms with Crippen LogP contribution in [0.2, 0.25) is 0 Å². The summed E-state index contributed by atoms with van der Waals surface area (Å²) in [6, 6.07) is 0. The quantitative estimate of drug-likeness (QED) is 0.0306. The molecule has 0 fully saturated rings. The molecular formula is C51H101O10P. The fourth-order valence-electron chi connectivity index (χ4n) is 7.94. The van der Waals surface area contributed by atoms with Gasteiger partial charge in [0.25, 0.3) is 0 Å². The van der Waals surface area contributed by atoms with Gasteiger partial charge in [-0.3, -0.25) is 18.6 Å². The van der Waals surface area contributed by atoms with E-state index >= 15 is 0 Å². The molecule has 370 valence electrons. The number of carbonyl (C=O) groups is 2. The first kappa shape index (κ1) is 61.0. The summed E-state index contributed by atoms with van der Waals surface area (Å²) >= 11 is 0. The van der Waals surface area contributed by atoms with Gasteiger partial charge in [-0.2, -0.15) is 0 Å². The van der Waals surface area contributed by atoms with Crippen LogP contribution >= 0.6 is 7.82 Å². The molecule has 0 amide bonds. The van der Waals surface area contributed by atoms with Gasteiger partial charge in [-0.15, -0.1) is 0 Å². The SMILES string of the molecule is CCCCCCCCCCCCCCCCCCCCCCCCC(=O)OC(COC(=O)CCCCCCCCCCCCCCCCCCC)COP(=O)(O)OCC(O)CO. The smallest absolute Gasteiger partial charge is 0.462 e. The largest absolute Gasteiger partial charge is 0.472 e. The van der Waals surface area contributed by atoms with E-state index in [9.17, 15) is 24.2 Å². The second-order valence-corrected chi connectivity index (χ2v) is 19.7. The third-order valence-corrected chi connectivity index (χ3v) is 13.0. The predicted octanol–water partition coefficient (Wildman–Crippen LogP) is 15.0. The van der Waals surface area contributed by atoms with E-state index in [2.05, 4.69) is 13.8 Å². The summed E-state index contributed by atoms with van der Waals surface area (Å²) < 4.78 is 32.9. The molecule has 3 atom stereocenters. The van der Waals surface area contributed by atoms with Crippen molar-refractivity contribution in [1.82, 2.24) is 0 Å². The zero-order valence-electron chi connectivity index (χ0n) is 40.6. The third-order valence-electron chi connectivity index (χ3n) is 12.0. The number of phosphoric acid groups is 1. The van der Waals surface area contributed by atoms with Crippen LogP contribution in [0.25, 0.3) is 0 Å². The molecule has 3 unspecified atom stereocenters. The van der Waals surface area contributed by atoms with Crippen molar-refractivity contribution < 1.29 is 47.8 Å². The molecule has 0 aromatic rings. The first-order valence-electron chi connectivity index (χ1n) is 26.5. The Morgan fingerprint density at radius 1 is 0.419 bits per heavy atom. The number of esters is 2. The average Bonchev–Trinajstić information content (AvgIpc) is 3.26. The van der Waals surface area contributed by atoms with Gasteiger partial charge in [-0.1, -0.05) is 251 Å². The lowest BCUT2D eigenvalue weighted by Gasteiger charge is -2.20. The lowest BCUT2D eigenvalue weighted by atomic mass is 10.0. The van der Waals surface area contributed by atoms with E-state index in [1.54, 1.807) is 0 Å². The Balaban J connectivity index is 4.10. The Morgan fingerprint density at radius 2 is 0.694 bits per heavy atom. The van der Waals surface area contributed by atoms with Crippen molar-refractivity contribution in [3.05, 3.63) is 0 Å². The van der Waals surface area contributed by atoms with Crippen LogP contribution in [-0.4, -0.2) is 65.7 Å². The molecule has 0 spiro atoms. The molecular weight excluding hydrogens is 804 g/mol. The van der Waals surface area contributed by atoms with Crippen LogP contribution in [-0.2, 0) is 32.7 Å². The topological polar surface area (TPSA) is 149 Å². The summed E-state index contributed by atoms with van der Waals surface area (Å²) in [4.78, 5) is 35.2. The van der Waals surface area contributed by atoms with Gasteiger partial charge < -0.3 is 24.6 Å². The predicted molar refractivity (Wildman–Crippen MR) is 256 cm³/mol. The van der Waals surface area contributed by atoms with Crippen LogP contribution in [0.15, 0.2) is 0 Å². The second-order valence-electron chi connectivity index (χ2n) is 18.3. The van der Waals surface area contributed by atoms with E-state index < -0.39 is 51.8 Å². The van der Waals surface area contributed by atoms with Gasteiger partial charge in [0.15, 0.2) is 6.10 Å². The zero-order valence-corrected chi connectivity index (χ0v) is 41.5. The fourth-order valence-corrected chi connectivity index (χ4v) is 8.73. The van der Waals surface area contributed by atoms with E-state index in [4.69, 9.17) is 23.6 Å². The Hall–Kier alpha value is -1.03. The second kappa shape index (κ2) is 47.9. The van der Waals surface area contributed by atoms with Crippen molar-refractivity contribution >= 4 is 19.8 Å². The molecule has 3 N–H and O–H groups in total. The van der Waals surface area contributed by atoms with E-state index in [0.29, 0.717) is 12.8 Å². The highest BCUT2D eigenvalue weighted by atomic mass is 31.2. The Kier molecular flexibility index (Phi) is 47.1. The van der Waals surface area contributed by atoms with Crippen molar-refractivity contribution in [2.45, 2.75) is 289 Å². The number of rotatable bonds is 51. The summed E-state index contributed by atoms with van der Waals surface area (Å²) in [6.07, 6.45) is 47.9. The minimum absolute atomic E-state index is 0.193. The molecule has 0 aliphatic rings. The molecule has 10 nitrogen and oxygen atoms in total. The zero-order chi connectivity index (χ0) is 45.5. The average molecular weight is 905 g/mol. The summed E-state index contributed by atoms with van der Waals surface area (Å²) in [7, 11) is -4.62. The van der Waals surface area contributed by atoms with Gasteiger partial charge in [0.2, 0.25) is 0 Å². The molecule has 0 radical (unpaired) electrons. The maximum atomic E-state index is 12.7. The number of aliphatic hydroxyl groups is 2. The monoisotopic (exact) mass is 905 g/mol. The Bertz CT molecular complexity index is 998. The minimum atomic E-state index is -4.62. The highest BCUT2D eigenvalue weighted by molar-refractivity contribution is 7.47. The van der Waals surface area contributed by atoms with Crippen LogP contribution in [0.4, 0.5) is 0 Å². The molecule has 0 aliphatic heterocycles. The molecule has 0 heterocycles. The molecule has 0 saturated carbocycles. The maximum Gasteiger partial charge on any atom is 0.472 e. The molecule has 0 aliphatic carbocycles. The molecule has 0 saturated heterocycles. The first-order chi connectivity index (χ1) is 30.2. The van der Waals surface area contributed by atoms with Crippen molar-refractivity contribution in [2.75, 3.05) is 26.4 Å². The van der Waals surface area contributed by atoms with Crippen molar-refractivity contribution in [3.8, 4) is 0 Å². The van der Waals surface area contributed by atoms with E-state index in [1.807, 2.05) is 0 Å². The number of carbonyl (C=O) groups excluding carboxylic acids is 2. The summed E-state index contributed by atoms with van der Waals surface area (Å²) in [5.41, 5.74) is 0. The lowest BCUT2D eigenvalue weighted by Crippen LogP contribution is -2.29. The number of aliphatic hydroxyl groups excluding tert-OH is 2. The Morgan fingerprint density at radius 3 is 1.00 bits per heavy atom. The van der Waals surface area contributed by atoms with Crippen LogP contribution in [0, 0.1) is 0 Å². The molecule has 62 heavy (non-hydrogen) atoms. The summed E-state index contributed by atoms with van der Waals surface area (Å²) in [5, 5.41) is 18.4. The van der Waals surface area contributed by atoms with E-state index in [1.165, 1.54) is 205 Å². The van der Waals surface area contributed by atoms with Gasteiger partial charge in [0.1, 0.15) is 12.7 Å². The van der Waals surface area contributed by atoms with Gasteiger partial charge in [0, 0.05) is 12.8 Å². The van der Waals surface area contributed by atoms with Crippen LogP contribution in [0.3, 0.4) is 0 Å². The highest BCUT2D eigenvalue weighted by Crippen LogP contribution is 2.43.